The first-order valence-corrected chi connectivity index (χ1v) is 11.0. The maximum absolute atomic E-state index is 13.6. The van der Waals surface area contributed by atoms with Crippen LogP contribution in [0.1, 0.15) is 63.0 Å². The Morgan fingerprint density at radius 1 is 1.17 bits per heavy atom. The first-order valence-electron chi connectivity index (χ1n) is 11.0. The molecular formula is C23H27FN2O3. The normalized spacial score (nSPS) is 36.8. The van der Waals surface area contributed by atoms with Crippen molar-refractivity contribution >= 4 is 16.9 Å². The molecule has 4 saturated carbocycles. The molecule has 1 aliphatic heterocycles. The molecular weight excluding hydrogens is 371 g/mol. The molecule has 29 heavy (non-hydrogen) atoms. The van der Waals surface area contributed by atoms with Crippen molar-refractivity contribution < 1.29 is 18.8 Å². The molecule has 6 heteroatoms. The molecule has 5 aliphatic rings. The topological polar surface area (TPSA) is 66.6 Å². The number of nitrogens with zero attached hydrogens (tertiary/aromatic N) is 2. The summed E-state index contributed by atoms with van der Waals surface area (Å²) in [6, 6.07) is 4.56. The molecule has 154 valence electrons. The van der Waals surface area contributed by atoms with E-state index < -0.39 is 5.60 Å². The van der Waals surface area contributed by atoms with Crippen LogP contribution in [0.15, 0.2) is 22.7 Å². The highest BCUT2D eigenvalue weighted by Crippen LogP contribution is 2.62. The van der Waals surface area contributed by atoms with Gasteiger partial charge >= 0.3 is 0 Å². The van der Waals surface area contributed by atoms with Crippen LogP contribution in [0, 0.1) is 23.1 Å². The maximum Gasteiger partial charge on any atom is 0.228 e. The molecule has 2 heterocycles. The number of hydrogen-bond acceptors (Lipinski definition) is 4. The highest BCUT2D eigenvalue weighted by Gasteiger charge is 2.60. The van der Waals surface area contributed by atoms with E-state index in [0.717, 1.165) is 49.6 Å². The average Bonchev–Trinajstić information content (AvgIpc) is 3.08. The number of aliphatic hydroxyl groups is 1. The van der Waals surface area contributed by atoms with Gasteiger partial charge < -0.3 is 14.5 Å². The van der Waals surface area contributed by atoms with Gasteiger partial charge in [-0.1, -0.05) is 5.16 Å². The third kappa shape index (κ3) is 2.75. The standard InChI is InChI=1S/C23H27FN2O3/c24-17-1-2-18-19(8-17)29-25-20(18)16-3-5-26(6-4-16)21(27)22-9-14-7-15(10-22)12-23(28,11-14)13-22/h1-2,8,14-16,28H,3-7,9-13H2/t14-,15+,22?,23?. The number of benzene rings is 1. The number of amides is 1. The molecule has 1 amide bonds. The number of carbonyl (C=O) groups is 1. The lowest BCUT2D eigenvalue weighted by atomic mass is 9.47. The van der Waals surface area contributed by atoms with Crippen LogP contribution in [-0.4, -0.2) is 39.8 Å². The SMILES string of the molecule is O=C(N1CCC(c2noc3cc(F)ccc23)CC1)C12C[C@@H]3C[C@@H](CC(O)(C3)C1)C2. The van der Waals surface area contributed by atoms with Crippen molar-refractivity contribution in [3.8, 4) is 0 Å². The molecule has 1 saturated heterocycles. The van der Waals surface area contributed by atoms with Crippen LogP contribution >= 0.6 is 0 Å². The molecule has 4 aliphatic carbocycles. The zero-order chi connectivity index (χ0) is 19.8. The Labute approximate surface area is 169 Å². The van der Waals surface area contributed by atoms with Crippen LogP contribution in [0.5, 0.6) is 0 Å². The summed E-state index contributed by atoms with van der Waals surface area (Å²) in [4.78, 5) is 15.6. The molecule has 0 spiro atoms. The summed E-state index contributed by atoms with van der Waals surface area (Å²) in [5, 5.41) is 16.1. The van der Waals surface area contributed by atoms with Crippen molar-refractivity contribution in [2.75, 3.05) is 13.1 Å². The zero-order valence-corrected chi connectivity index (χ0v) is 16.6. The van der Waals surface area contributed by atoms with E-state index in [4.69, 9.17) is 4.52 Å². The van der Waals surface area contributed by atoms with Gasteiger partial charge in [0.2, 0.25) is 5.91 Å². The summed E-state index contributed by atoms with van der Waals surface area (Å²) in [5.41, 5.74) is 0.438. The highest BCUT2D eigenvalue weighted by atomic mass is 19.1. The summed E-state index contributed by atoms with van der Waals surface area (Å²) >= 11 is 0. The fraction of sp³-hybridized carbons (Fsp3) is 0.652. The fourth-order valence-electron chi connectivity index (χ4n) is 7.38. The van der Waals surface area contributed by atoms with E-state index in [9.17, 15) is 14.3 Å². The smallest absolute Gasteiger partial charge is 0.228 e. The summed E-state index contributed by atoms with van der Waals surface area (Å²) in [5.74, 6) is 1.22. The number of aromatic nitrogens is 1. The summed E-state index contributed by atoms with van der Waals surface area (Å²) in [6.07, 6.45) is 7.25. The van der Waals surface area contributed by atoms with E-state index in [2.05, 4.69) is 5.16 Å². The molecule has 4 bridgehead atoms. The Morgan fingerprint density at radius 3 is 2.59 bits per heavy atom. The quantitative estimate of drug-likeness (QED) is 0.830. The van der Waals surface area contributed by atoms with E-state index in [1.807, 2.05) is 4.90 Å². The minimum atomic E-state index is -0.604. The molecule has 2 aromatic rings. The van der Waals surface area contributed by atoms with Gasteiger partial charge in [-0.3, -0.25) is 4.79 Å². The predicted octanol–water partition coefficient (Wildman–Crippen LogP) is 4.00. The van der Waals surface area contributed by atoms with Gasteiger partial charge in [0.05, 0.1) is 16.7 Å². The van der Waals surface area contributed by atoms with Crippen molar-refractivity contribution in [1.82, 2.24) is 10.1 Å². The van der Waals surface area contributed by atoms with Crippen molar-refractivity contribution in [3.05, 3.63) is 29.7 Å². The minimum Gasteiger partial charge on any atom is -0.390 e. The van der Waals surface area contributed by atoms with Gasteiger partial charge in [-0.05, 0) is 75.3 Å². The van der Waals surface area contributed by atoms with Crippen LogP contribution in [0.4, 0.5) is 4.39 Å². The molecule has 5 nitrogen and oxygen atoms in total. The van der Waals surface area contributed by atoms with Crippen molar-refractivity contribution in [3.63, 3.8) is 0 Å². The van der Waals surface area contributed by atoms with E-state index in [-0.39, 0.29) is 23.1 Å². The molecule has 0 radical (unpaired) electrons. The van der Waals surface area contributed by atoms with E-state index >= 15 is 0 Å². The first-order chi connectivity index (χ1) is 13.9. The van der Waals surface area contributed by atoms with Gasteiger partial charge in [0, 0.05) is 30.5 Å². The van der Waals surface area contributed by atoms with Gasteiger partial charge in [0.25, 0.3) is 0 Å². The number of rotatable bonds is 2. The fourth-order valence-corrected chi connectivity index (χ4v) is 7.38. The van der Waals surface area contributed by atoms with E-state index in [1.54, 1.807) is 6.07 Å². The van der Waals surface area contributed by atoms with Gasteiger partial charge in [-0.2, -0.15) is 0 Å². The number of hydrogen-bond donors (Lipinski definition) is 1. The Kier molecular flexibility index (Phi) is 3.72. The second-order valence-electron chi connectivity index (χ2n) is 10.2. The Morgan fingerprint density at radius 2 is 1.90 bits per heavy atom. The van der Waals surface area contributed by atoms with Gasteiger partial charge in [-0.25, -0.2) is 4.39 Å². The van der Waals surface area contributed by atoms with Crippen LogP contribution in [0.2, 0.25) is 0 Å². The Hall–Kier alpha value is -1.95. The minimum absolute atomic E-state index is 0.228. The van der Waals surface area contributed by atoms with Crippen molar-refractivity contribution in [1.29, 1.82) is 0 Å². The molecule has 1 N–H and O–H groups in total. The van der Waals surface area contributed by atoms with Gasteiger partial charge in [0.1, 0.15) is 5.82 Å². The number of piperidine rings is 1. The largest absolute Gasteiger partial charge is 0.390 e. The van der Waals surface area contributed by atoms with Crippen molar-refractivity contribution in [2.24, 2.45) is 17.3 Å². The van der Waals surface area contributed by atoms with E-state index in [0.29, 0.717) is 36.9 Å². The number of carbonyl (C=O) groups excluding carboxylic acids is 1. The predicted molar refractivity (Wildman–Crippen MR) is 105 cm³/mol. The molecule has 5 fully saturated rings. The number of halogens is 1. The lowest BCUT2D eigenvalue weighted by Crippen LogP contribution is -2.61. The Bertz CT molecular complexity index is 964. The first kappa shape index (κ1) is 17.9. The second kappa shape index (κ2) is 6.03. The Balaban J connectivity index is 1.18. The second-order valence-corrected chi connectivity index (χ2v) is 10.2. The summed E-state index contributed by atoms with van der Waals surface area (Å²) < 4.78 is 18.7. The molecule has 1 aromatic carbocycles. The third-order valence-electron chi connectivity index (χ3n) is 8.11. The molecule has 1 aromatic heterocycles. The van der Waals surface area contributed by atoms with E-state index in [1.165, 1.54) is 18.6 Å². The monoisotopic (exact) mass is 398 g/mol. The van der Waals surface area contributed by atoms with Crippen LogP contribution in [0.25, 0.3) is 11.0 Å². The van der Waals surface area contributed by atoms with Gasteiger partial charge in [-0.15, -0.1) is 0 Å². The number of likely N-dealkylation sites (tertiary alicyclic amines) is 1. The third-order valence-corrected chi connectivity index (χ3v) is 8.11. The lowest BCUT2D eigenvalue weighted by molar-refractivity contribution is -0.186. The summed E-state index contributed by atoms with van der Waals surface area (Å²) in [6.45, 7) is 1.43. The van der Waals surface area contributed by atoms with Gasteiger partial charge in [0.15, 0.2) is 5.58 Å². The molecule has 7 rings (SSSR count). The molecule has 4 atom stereocenters. The summed E-state index contributed by atoms with van der Waals surface area (Å²) in [7, 11) is 0. The van der Waals surface area contributed by atoms with Crippen molar-refractivity contribution in [2.45, 2.75) is 62.9 Å². The van der Waals surface area contributed by atoms with Crippen LogP contribution < -0.4 is 0 Å². The zero-order valence-electron chi connectivity index (χ0n) is 16.6. The maximum atomic E-state index is 13.6. The van der Waals surface area contributed by atoms with Crippen LogP contribution in [-0.2, 0) is 4.79 Å². The molecule has 2 unspecified atom stereocenters. The average molecular weight is 398 g/mol. The highest BCUT2D eigenvalue weighted by molar-refractivity contribution is 5.84. The lowest BCUT2D eigenvalue weighted by Gasteiger charge is -2.60. The van der Waals surface area contributed by atoms with Crippen LogP contribution in [0.3, 0.4) is 0 Å². The number of fused-ring (bicyclic) bond motifs is 1.